The van der Waals surface area contributed by atoms with E-state index in [1.54, 1.807) is 0 Å². The van der Waals surface area contributed by atoms with Gasteiger partial charge in [-0.05, 0) is 18.2 Å². The zero-order valence-electron chi connectivity index (χ0n) is 10.3. The Morgan fingerprint density at radius 2 is 1.42 bits per heavy atom. The number of halogens is 2. The fraction of sp³-hybridized carbons (Fsp3) is 0.200. The Labute approximate surface area is 122 Å². The van der Waals surface area contributed by atoms with Crippen LogP contribution in [0.2, 0.25) is 0 Å². The van der Waals surface area contributed by atoms with E-state index >= 15 is 0 Å². The van der Waals surface area contributed by atoms with Crippen LogP contribution < -0.4 is 9.47 Å². The van der Waals surface area contributed by atoms with Gasteiger partial charge in [-0.1, -0.05) is 30.3 Å². The van der Waals surface area contributed by atoms with Gasteiger partial charge in [0.25, 0.3) is 0 Å². The van der Waals surface area contributed by atoms with Gasteiger partial charge >= 0.3 is 0 Å². The highest BCUT2D eigenvalue weighted by Gasteiger charge is 2.08. The number of rotatable bonds is 6. The standard InChI is InChI=1S/C15H14Cl2O2/c16-9-10-18-14-7-3-4-8-15(14)19-13-6-2-1-5-12(13)11-17/h1-8H,9-11H2. The lowest BCUT2D eigenvalue weighted by molar-refractivity contribution is 0.323. The maximum absolute atomic E-state index is 5.89. The minimum Gasteiger partial charge on any atom is -0.488 e. The molecule has 0 aromatic heterocycles. The SMILES string of the molecule is ClCCOc1ccccc1Oc1ccccc1CCl. The lowest BCUT2D eigenvalue weighted by Gasteiger charge is -2.13. The largest absolute Gasteiger partial charge is 0.488 e. The topological polar surface area (TPSA) is 18.5 Å². The normalized spacial score (nSPS) is 10.2. The van der Waals surface area contributed by atoms with Crippen molar-refractivity contribution < 1.29 is 9.47 Å². The second-order valence-corrected chi connectivity index (χ2v) is 4.47. The van der Waals surface area contributed by atoms with E-state index in [-0.39, 0.29) is 0 Å². The minimum atomic E-state index is 0.404. The molecule has 19 heavy (non-hydrogen) atoms. The number of benzene rings is 2. The Balaban J connectivity index is 2.22. The summed E-state index contributed by atoms with van der Waals surface area (Å²) in [6.07, 6.45) is 0. The van der Waals surface area contributed by atoms with Crippen LogP contribution in [0.15, 0.2) is 48.5 Å². The van der Waals surface area contributed by atoms with Gasteiger partial charge in [-0.25, -0.2) is 0 Å². The molecule has 0 bridgehead atoms. The highest BCUT2D eigenvalue weighted by atomic mass is 35.5. The smallest absolute Gasteiger partial charge is 0.169 e. The molecule has 2 nitrogen and oxygen atoms in total. The van der Waals surface area contributed by atoms with Crippen LogP contribution in [-0.4, -0.2) is 12.5 Å². The van der Waals surface area contributed by atoms with Crippen LogP contribution in [0.4, 0.5) is 0 Å². The van der Waals surface area contributed by atoms with Gasteiger partial charge in [-0.15, -0.1) is 23.2 Å². The average Bonchev–Trinajstić information content (AvgIpc) is 2.47. The van der Waals surface area contributed by atoms with Crippen molar-refractivity contribution in [3.8, 4) is 17.2 Å². The summed E-state index contributed by atoms with van der Waals surface area (Å²) in [5.74, 6) is 2.91. The summed E-state index contributed by atoms with van der Waals surface area (Å²) in [5, 5.41) is 0. The Kier molecular flexibility index (Phi) is 5.37. The van der Waals surface area contributed by atoms with E-state index in [1.165, 1.54) is 0 Å². The van der Waals surface area contributed by atoms with Crippen molar-refractivity contribution >= 4 is 23.2 Å². The maximum Gasteiger partial charge on any atom is 0.169 e. The predicted octanol–water partition coefficient (Wildman–Crippen LogP) is 4.84. The van der Waals surface area contributed by atoms with Gasteiger partial charge in [-0.2, -0.15) is 0 Å². The number of para-hydroxylation sites is 3. The molecule has 0 aliphatic carbocycles. The molecule has 0 saturated heterocycles. The summed E-state index contributed by atoms with van der Waals surface area (Å²) in [7, 11) is 0. The molecule has 2 aromatic carbocycles. The molecule has 0 heterocycles. The molecule has 0 aliphatic heterocycles. The molecule has 0 saturated carbocycles. The second kappa shape index (κ2) is 7.27. The van der Waals surface area contributed by atoms with Crippen LogP contribution in [0.5, 0.6) is 17.2 Å². The third-order valence-electron chi connectivity index (χ3n) is 2.52. The molecule has 2 rings (SSSR count). The summed E-state index contributed by atoms with van der Waals surface area (Å²) in [5.41, 5.74) is 0.941. The minimum absolute atomic E-state index is 0.404. The number of ether oxygens (including phenoxy) is 2. The van der Waals surface area contributed by atoms with Crippen molar-refractivity contribution in [3.63, 3.8) is 0 Å². The molecule has 0 fully saturated rings. The van der Waals surface area contributed by atoms with Crippen molar-refractivity contribution in [3.05, 3.63) is 54.1 Å². The number of alkyl halides is 2. The third-order valence-corrected chi connectivity index (χ3v) is 2.96. The van der Waals surface area contributed by atoms with Crippen molar-refractivity contribution in [1.29, 1.82) is 0 Å². The molecule has 4 heteroatoms. The Hall–Kier alpha value is -1.38. The Morgan fingerprint density at radius 1 is 0.789 bits per heavy atom. The lowest BCUT2D eigenvalue weighted by Crippen LogP contribution is -2.00. The first-order chi connectivity index (χ1) is 9.35. The zero-order chi connectivity index (χ0) is 13.5. The number of hydrogen-bond acceptors (Lipinski definition) is 2. The van der Waals surface area contributed by atoms with Gasteiger partial charge in [-0.3, -0.25) is 0 Å². The highest BCUT2D eigenvalue weighted by molar-refractivity contribution is 6.18. The van der Waals surface area contributed by atoms with Crippen molar-refractivity contribution in [1.82, 2.24) is 0 Å². The van der Waals surface area contributed by atoms with E-state index in [9.17, 15) is 0 Å². The number of hydrogen-bond donors (Lipinski definition) is 0. The van der Waals surface area contributed by atoms with Gasteiger partial charge in [0.2, 0.25) is 0 Å². The van der Waals surface area contributed by atoms with Crippen LogP contribution in [0.3, 0.4) is 0 Å². The molecule has 0 aliphatic rings. The molecule has 100 valence electrons. The fourth-order valence-electron chi connectivity index (χ4n) is 1.63. The van der Waals surface area contributed by atoms with E-state index < -0.39 is 0 Å². The molecule has 2 aromatic rings. The molecule has 0 spiro atoms. The predicted molar refractivity (Wildman–Crippen MR) is 78.7 cm³/mol. The summed E-state index contributed by atoms with van der Waals surface area (Å²) in [6.45, 7) is 0.444. The highest BCUT2D eigenvalue weighted by Crippen LogP contribution is 2.33. The Bertz CT molecular complexity index is 529. The van der Waals surface area contributed by atoms with E-state index in [1.807, 2.05) is 48.5 Å². The quantitative estimate of drug-likeness (QED) is 0.711. The van der Waals surface area contributed by atoms with Crippen molar-refractivity contribution in [2.75, 3.05) is 12.5 Å². The summed E-state index contributed by atoms with van der Waals surface area (Å²) in [4.78, 5) is 0. The van der Waals surface area contributed by atoms with Gasteiger partial charge in [0, 0.05) is 5.56 Å². The molecular formula is C15H14Cl2O2. The molecule has 0 atom stereocenters. The molecule has 0 unspecified atom stereocenters. The van der Waals surface area contributed by atoms with Crippen LogP contribution in [0.1, 0.15) is 5.56 Å². The van der Waals surface area contributed by atoms with Crippen LogP contribution in [0.25, 0.3) is 0 Å². The molecule has 0 radical (unpaired) electrons. The maximum atomic E-state index is 5.89. The summed E-state index contributed by atoms with van der Waals surface area (Å²) >= 11 is 11.5. The first-order valence-electron chi connectivity index (χ1n) is 5.94. The Morgan fingerprint density at radius 3 is 2.11 bits per heavy atom. The van der Waals surface area contributed by atoms with E-state index in [2.05, 4.69) is 0 Å². The van der Waals surface area contributed by atoms with Gasteiger partial charge in [0.05, 0.1) is 11.8 Å². The van der Waals surface area contributed by atoms with Crippen molar-refractivity contribution in [2.45, 2.75) is 5.88 Å². The van der Waals surface area contributed by atoms with Gasteiger partial charge in [0.1, 0.15) is 12.4 Å². The third kappa shape index (κ3) is 3.79. The first-order valence-corrected chi connectivity index (χ1v) is 7.01. The molecule has 0 amide bonds. The van der Waals surface area contributed by atoms with E-state index in [0.717, 1.165) is 11.3 Å². The summed E-state index contributed by atoms with van der Waals surface area (Å²) < 4.78 is 11.4. The van der Waals surface area contributed by atoms with Crippen LogP contribution in [0, 0.1) is 0 Å². The van der Waals surface area contributed by atoms with E-state index in [4.69, 9.17) is 32.7 Å². The van der Waals surface area contributed by atoms with Crippen LogP contribution >= 0.6 is 23.2 Å². The average molecular weight is 297 g/mol. The second-order valence-electron chi connectivity index (χ2n) is 3.83. The van der Waals surface area contributed by atoms with E-state index in [0.29, 0.717) is 29.9 Å². The van der Waals surface area contributed by atoms with Gasteiger partial charge in [0.15, 0.2) is 11.5 Å². The monoisotopic (exact) mass is 296 g/mol. The molecule has 0 N–H and O–H groups in total. The molecular weight excluding hydrogens is 283 g/mol. The van der Waals surface area contributed by atoms with Gasteiger partial charge < -0.3 is 9.47 Å². The lowest BCUT2D eigenvalue weighted by atomic mass is 10.2. The fourth-order valence-corrected chi connectivity index (χ4v) is 1.93. The first kappa shape index (κ1) is 14.0. The van der Waals surface area contributed by atoms with Crippen LogP contribution in [-0.2, 0) is 5.88 Å². The summed E-state index contributed by atoms with van der Waals surface area (Å²) in [6, 6.07) is 15.2. The zero-order valence-corrected chi connectivity index (χ0v) is 11.8. The van der Waals surface area contributed by atoms with Crippen molar-refractivity contribution in [2.24, 2.45) is 0 Å².